The van der Waals surface area contributed by atoms with E-state index < -0.39 is 12.4 Å². The van der Waals surface area contributed by atoms with Gasteiger partial charge in [0.1, 0.15) is 17.5 Å². The molecule has 2 aromatic carbocycles. The van der Waals surface area contributed by atoms with E-state index in [4.69, 9.17) is 4.74 Å². The number of amides is 1. The van der Waals surface area contributed by atoms with Crippen LogP contribution >= 0.6 is 0 Å². The number of carbonyl (C=O) groups is 1. The van der Waals surface area contributed by atoms with E-state index in [2.05, 4.69) is 15.4 Å². The SMILES string of the molecule is CCOc1ccccc1N[C@H](C)C(=O)Nc1ccc(OC(F)(F)F)cc1. The molecule has 0 radical (unpaired) electrons. The molecule has 26 heavy (non-hydrogen) atoms. The van der Waals surface area contributed by atoms with E-state index in [1.807, 2.05) is 19.1 Å². The summed E-state index contributed by atoms with van der Waals surface area (Å²) < 4.78 is 45.7. The second kappa shape index (κ2) is 8.46. The molecule has 0 spiro atoms. The Morgan fingerprint density at radius 3 is 2.38 bits per heavy atom. The Labute approximate surface area is 149 Å². The molecule has 0 aliphatic rings. The molecule has 0 saturated carbocycles. The maximum Gasteiger partial charge on any atom is 0.573 e. The highest BCUT2D eigenvalue weighted by Crippen LogP contribution is 2.25. The largest absolute Gasteiger partial charge is 0.573 e. The number of hydrogen-bond donors (Lipinski definition) is 2. The van der Waals surface area contributed by atoms with Crippen LogP contribution in [0.15, 0.2) is 48.5 Å². The van der Waals surface area contributed by atoms with E-state index in [0.29, 0.717) is 23.7 Å². The number of carbonyl (C=O) groups excluding carboxylic acids is 1. The van der Waals surface area contributed by atoms with Gasteiger partial charge in [0, 0.05) is 5.69 Å². The third kappa shape index (κ3) is 5.87. The van der Waals surface area contributed by atoms with Crippen LogP contribution in [0, 0.1) is 0 Å². The molecule has 0 heterocycles. The highest BCUT2D eigenvalue weighted by atomic mass is 19.4. The minimum Gasteiger partial charge on any atom is -0.492 e. The number of hydrogen-bond acceptors (Lipinski definition) is 4. The smallest absolute Gasteiger partial charge is 0.492 e. The molecule has 0 fully saturated rings. The van der Waals surface area contributed by atoms with Gasteiger partial charge >= 0.3 is 6.36 Å². The molecule has 1 atom stereocenters. The molecule has 2 N–H and O–H groups in total. The van der Waals surface area contributed by atoms with Gasteiger partial charge in [-0.2, -0.15) is 0 Å². The standard InChI is InChI=1S/C18H19F3N2O3/c1-3-25-16-7-5-4-6-15(16)22-12(2)17(24)23-13-8-10-14(11-9-13)26-18(19,20)21/h4-12,22H,3H2,1-2H3,(H,23,24)/t12-/m1/s1. The summed E-state index contributed by atoms with van der Waals surface area (Å²) in [4.78, 5) is 12.3. The fraction of sp³-hybridized carbons (Fsp3) is 0.278. The molecular formula is C18H19F3N2O3. The molecule has 0 bridgehead atoms. The van der Waals surface area contributed by atoms with Crippen molar-refractivity contribution in [1.29, 1.82) is 0 Å². The molecular weight excluding hydrogens is 349 g/mol. The summed E-state index contributed by atoms with van der Waals surface area (Å²) in [6.07, 6.45) is -4.75. The maximum atomic E-state index is 12.3. The van der Waals surface area contributed by atoms with Gasteiger partial charge in [0.25, 0.3) is 0 Å². The molecule has 8 heteroatoms. The number of para-hydroxylation sites is 2. The first-order valence-corrected chi connectivity index (χ1v) is 7.93. The number of benzene rings is 2. The molecule has 5 nitrogen and oxygen atoms in total. The predicted octanol–water partition coefficient (Wildman–Crippen LogP) is 4.42. The second-order valence-electron chi connectivity index (χ2n) is 5.36. The molecule has 0 aliphatic carbocycles. The summed E-state index contributed by atoms with van der Waals surface area (Å²) in [6.45, 7) is 4.02. The van der Waals surface area contributed by atoms with Crippen molar-refractivity contribution in [3.05, 3.63) is 48.5 Å². The Morgan fingerprint density at radius 1 is 1.12 bits per heavy atom. The van der Waals surface area contributed by atoms with Crippen LogP contribution in [0.1, 0.15) is 13.8 Å². The maximum absolute atomic E-state index is 12.3. The molecule has 0 aromatic heterocycles. The minimum atomic E-state index is -4.75. The van der Waals surface area contributed by atoms with Gasteiger partial charge in [0.05, 0.1) is 12.3 Å². The van der Waals surface area contributed by atoms with Gasteiger partial charge in [0.2, 0.25) is 5.91 Å². The van der Waals surface area contributed by atoms with Gasteiger partial charge < -0.3 is 20.1 Å². The van der Waals surface area contributed by atoms with Crippen LogP contribution in [0.5, 0.6) is 11.5 Å². The van der Waals surface area contributed by atoms with Crippen LogP contribution in [0.25, 0.3) is 0 Å². The van der Waals surface area contributed by atoms with Crippen LogP contribution in [0.3, 0.4) is 0 Å². The van der Waals surface area contributed by atoms with E-state index in [1.165, 1.54) is 12.1 Å². The number of nitrogens with one attached hydrogen (secondary N) is 2. The summed E-state index contributed by atoms with van der Waals surface area (Å²) in [5.41, 5.74) is 1.03. The van der Waals surface area contributed by atoms with Gasteiger partial charge in [0.15, 0.2) is 0 Å². The van der Waals surface area contributed by atoms with Gasteiger partial charge in [-0.05, 0) is 50.2 Å². The van der Waals surface area contributed by atoms with Crippen molar-refractivity contribution in [1.82, 2.24) is 0 Å². The Bertz CT molecular complexity index is 733. The topological polar surface area (TPSA) is 59.6 Å². The molecule has 1 amide bonds. The summed E-state index contributed by atoms with van der Waals surface area (Å²) >= 11 is 0. The zero-order chi connectivity index (χ0) is 19.2. The number of halogens is 3. The lowest BCUT2D eigenvalue weighted by atomic mass is 10.2. The van der Waals surface area contributed by atoms with E-state index >= 15 is 0 Å². The van der Waals surface area contributed by atoms with Crippen molar-refractivity contribution in [3.63, 3.8) is 0 Å². The molecule has 140 valence electrons. The first-order chi connectivity index (χ1) is 12.3. The normalized spacial score (nSPS) is 12.2. The second-order valence-corrected chi connectivity index (χ2v) is 5.36. The van der Waals surface area contributed by atoms with Crippen molar-refractivity contribution in [2.45, 2.75) is 26.3 Å². The minimum absolute atomic E-state index is 0.346. The number of ether oxygens (including phenoxy) is 2. The van der Waals surface area contributed by atoms with Crippen LogP contribution in [-0.2, 0) is 4.79 Å². The average Bonchev–Trinajstić information content (AvgIpc) is 2.57. The lowest BCUT2D eigenvalue weighted by molar-refractivity contribution is -0.274. The highest BCUT2D eigenvalue weighted by molar-refractivity contribution is 5.96. The fourth-order valence-electron chi connectivity index (χ4n) is 2.16. The first-order valence-electron chi connectivity index (χ1n) is 7.93. The van der Waals surface area contributed by atoms with Crippen molar-refractivity contribution >= 4 is 17.3 Å². The summed E-state index contributed by atoms with van der Waals surface area (Å²) in [5, 5.41) is 5.67. The zero-order valence-electron chi connectivity index (χ0n) is 14.3. The molecule has 0 unspecified atom stereocenters. The van der Waals surface area contributed by atoms with Crippen molar-refractivity contribution in [2.24, 2.45) is 0 Å². The molecule has 2 rings (SSSR count). The third-order valence-electron chi connectivity index (χ3n) is 3.31. The zero-order valence-corrected chi connectivity index (χ0v) is 14.3. The summed E-state index contributed by atoms with van der Waals surface area (Å²) in [6, 6.07) is 11.5. The van der Waals surface area contributed by atoms with Crippen LogP contribution in [-0.4, -0.2) is 24.9 Å². The Kier molecular flexibility index (Phi) is 6.32. The molecule has 0 aliphatic heterocycles. The third-order valence-corrected chi connectivity index (χ3v) is 3.31. The number of rotatable bonds is 7. The predicted molar refractivity (Wildman–Crippen MR) is 92.5 cm³/mol. The summed E-state index contributed by atoms with van der Waals surface area (Å²) in [5.74, 6) is -0.0728. The van der Waals surface area contributed by atoms with Gasteiger partial charge in [-0.3, -0.25) is 4.79 Å². The first kappa shape index (κ1) is 19.4. The van der Waals surface area contributed by atoms with Crippen LogP contribution in [0.2, 0.25) is 0 Å². The Hall–Kier alpha value is -2.90. The van der Waals surface area contributed by atoms with Gasteiger partial charge in [-0.25, -0.2) is 0 Å². The summed E-state index contributed by atoms with van der Waals surface area (Å²) in [7, 11) is 0. The van der Waals surface area contributed by atoms with Gasteiger partial charge in [-0.15, -0.1) is 13.2 Å². The van der Waals surface area contributed by atoms with E-state index in [-0.39, 0.29) is 11.7 Å². The fourth-order valence-corrected chi connectivity index (χ4v) is 2.16. The lowest BCUT2D eigenvalue weighted by Crippen LogP contribution is -2.32. The number of alkyl halides is 3. The van der Waals surface area contributed by atoms with Crippen LogP contribution < -0.4 is 20.1 Å². The highest BCUT2D eigenvalue weighted by Gasteiger charge is 2.31. The Morgan fingerprint density at radius 2 is 1.77 bits per heavy atom. The lowest BCUT2D eigenvalue weighted by Gasteiger charge is -2.18. The number of anilines is 2. The monoisotopic (exact) mass is 368 g/mol. The van der Waals surface area contributed by atoms with Crippen molar-refractivity contribution in [3.8, 4) is 11.5 Å². The Balaban J connectivity index is 1.97. The molecule has 2 aromatic rings. The van der Waals surface area contributed by atoms with Crippen molar-refractivity contribution < 1.29 is 27.4 Å². The molecule has 0 saturated heterocycles. The average molecular weight is 368 g/mol. The van der Waals surface area contributed by atoms with E-state index in [1.54, 1.807) is 19.1 Å². The quantitative estimate of drug-likeness (QED) is 0.759. The van der Waals surface area contributed by atoms with Crippen LogP contribution in [0.4, 0.5) is 24.5 Å². The van der Waals surface area contributed by atoms with Crippen molar-refractivity contribution in [2.75, 3.05) is 17.2 Å². The van der Waals surface area contributed by atoms with E-state index in [0.717, 1.165) is 12.1 Å². The van der Waals surface area contributed by atoms with Gasteiger partial charge in [-0.1, -0.05) is 12.1 Å². The van der Waals surface area contributed by atoms with E-state index in [9.17, 15) is 18.0 Å².